The van der Waals surface area contributed by atoms with Crippen LogP contribution in [0.25, 0.3) is 0 Å². The Bertz CT molecular complexity index is 675. The van der Waals surface area contributed by atoms with Crippen LogP contribution in [0.4, 0.5) is 0 Å². The van der Waals surface area contributed by atoms with E-state index in [9.17, 15) is 4.79 Å². The van der Waals surface area contributed by atoms with Crippen LogP contribution < -0.4 is 10.6 Å². The molecule has 0 radical (unpaired) electrons. The van der Waals surface area contributed by atoms with Gasteiger partial charge in [0.25, 0.3) is 0 Å². The summed E-state index contributed by atoms with van der Waals surface area (Å²) in [5.74, 6) is 2.12. The fourth-order valence-electron chi connectivity index (χ4n) is 4.63. The van der Waals surface area contributed by atoms with Crippen molar-refractivity contribution in [2.75, 3.05) is 0 Å². The number of nitrogens with zero attached hydrogens (tertiary/aromatic N) is 3. The maximum atomic E-state index is 13.1. The van der Waals surface area contributed by atoms with Crippen molar-refractivity contribution in [2.45, 2.75) is 77.5 Å². The molecule has 4 rings (SSSR count). The monoisotopic (exact) mass is 329 g/mol. The number of carbonyl (C=O) groups excluding carboxylic acids is 1. The van der Waals surface area contributed by atoms with Crippen LogP contribution in [0.15, 0.2) is 11.6 Å². The predicted octanol–water partition coefficient (Wildman–Crippen LogP) is 1.71. The van der Waals surface area contributed by atoms with Gasteiger partial charge in [0.05, 0.1) is 12.0 Å². The highest BCUT2D eigenvalue weighted by atomic mass is 16.2. The predicted molar refractivity (Wildman–Crippen MR) is 91.2 cm³/mol. The Morgan fingerprint density at radius 1 is 1.42 bits per heavy atom. The van der Waals surface area contributed by atoms with Crippen molar-refractivity contribution in [1.82, 2.24) is 25.4 Å². The first-order valence-electron chi connectivity index (χ1n) is 9.17. The van der Waals surface area contributed by atoms with Gasteiger partial charge < -0.3 is 15.2 Å². The molecule has 130 valence electrons. The summed E-state index contributed by atoms with van der Waals surface area (Å²) in [6.07, 6.45) is 8.43. The maximum Gasteiger partial charge on any atom is 0.228 e. The lowest BCUT2D eigenvalue weighted by molar-refractivity contribution is -0.132. The van der Waals surface area contributed by atoms with Gasteiger partial charge in [0.1, 0.15) is 5.82 Å². The van der Waals surface area contributed by atoms with Crippen LogP contribution in [0.2, 0.25) is 0 Å². The Morgan fingerprint density at radius 3 is 3.00 bits per heavy atom. The number of amides is 1. The average Bonchev–Trinajstić information content (AvgIpc) is 3.30. The third-order valence-corrected chi connectivity index (χ3v) is 5.94. The lowest BCUT2D eigenvalue weighted by atomic mass is 9.70. The van der Waals surface area contributed by atoms with Gasteiger partial charge in [-0.3, -0.25) is 4.79 Å². The third-order valence-electron chi connectivity index (χ3n) is 5.94. The lowest BCUT2D eigenvalue weighted by Crippen LogP contribution is -2.48. The summed E-state index contributed by atoms with van der Waals surface area (Å²) in [5, 5.41) is 15.3. The molecule has 4 heterocycles. The zero-order chi connectivity index (χ0) is 16.7. The quantitative estimate of drug-likeness (QED) is 0.807. The van der Waals surface area contributed by atoms with Gasteiger partial charge in [-0.05, 0) is 46.0 Å². The number of fused-ring (bicyclic) bond motifs is 3. The standard InChI is InChI=1S/C18H27N5O/c1-12(2)7-8-18(10-13-5-6-14(18)20-13)17(24)19-11-16-22-21-15-4-3-9-23(15)16/h7,13-14,20H,3-6,8-11H2,1-2H3,(H,19,24)/t13-,14+,18+/m0/s1. The molecule has 2 fully saturated rings. The average molecular weight is 329 g/mol. The van der Waals surface area contributed by atoms with Crippen LogP contribution in [-0.2, 0) is 24.3 Å². The highest BCUT2D eigenvalue weighted by Gasteiger charge is 2.54. The van der Waals surface area contributed by atoms with Gasteiger partial charge >= 0.3 is 0 Å². The zero-order valence-corrected chi connectivity index (χ0v) is 14.6. The Balaban J connectivity index is 1.48. The number of nitrogens with one attached hydrogen (secondary N) is 2. The van der Waals surface area contributed by atoms with Gasteiger partial charge in [0, 0.05) is 25.0 Å². The van der Waals surface area contributed by atoms with Crippen LogP contribution in [0, 0.1) is 5.41 Å². The second-order valence-electron chi connectivity index (χ2n) is 7.81. The van der Waals surface area contributed by atoms with Crippen molar-refractivity contribution in [2.24, 2.45) is 5.41 Å². The second kappa shape index (κ2) is 5.99. The SMILES string of the molecule is CC(C)=CC[C@@]1(C(=O)NCc2nnc3n2CCC3)C[C@@H]2CC[C@H]1N2. The molecule has 2 bridgehead atoms. The zero-order valence-electron chi connectivity index (χ0n) is 14.6. The molecule has 2 N–H and O–H groups in total. The van der Waals surface area contributed by atoms with Crippen molar-refractivity contribution in [3.63, 3.8) is 0 Å². The van der Waals surface area contributed by atoms with Gasteiger partial charge in [-0.1, -0.05) is 11.6 Å². The number of hydrogen-bond donors (Lipinski definition) is 2. The minimum Gasteiger partial charge on any atom is -0.348 e. The van der Waals surface area contributed by atoms with Crippen LogP contribution in [-0.4, -0.2) is 32.8 Å². The minimum absolute atomic E-state index is 0.176. The molecule has 0 aliphatic carbocycles. The smallest absolute Gasteiger partial charge is 0.228 e. The topological polar surface area (TPSA) is 71.8 Å². The summed E-state index contributed by atoms with van der Waals surface area (Å²) in [6.45, 7) is 5.67. The molecule has 1 aromatic heterocycles. The molecule has 0 unspecified atom stereocenters. The molecule has 3 aliphatic heterocycles. The molecule has 3 aliphatic rings. The molecular formula is C18H27N5O. The lowest BCUT2D eigenvalue weighted by Gasteiger charge is -2.34. The highest BCUT2D eigenvalue weighted by molar-refractivity contribution is 5.84. The van der Waals surface area contributed by atoms with Crippen LogP contribution in [0.5, 0.6) is 0 Å². The molecule has 0 saturated carbocycles. The second-order valence-corrected chi connectivity index (χ2v) is 7.81. The van der Waals surface area contributed by atoms with Crippen molar-refractivity contribution >= 4 is 5.91 Å². The van der Waals surface area contributed by atoms with Crippen molar-refractivity contribution in [1.29, 1.82) is 0 Å². The first-order valence-corrected chi connectivity index (χ1v) is 9.17. The number of aromatic nitrogens is 3. The summed E-state index contributed by atoms with van der Waals surface area (Å²) >= 11 is 0. The van der Waals surface area contributed by atoms with Gasteiger partial charge in [0.2, 0.25) is 5.91 Å². The van der Waals surface area contributed by atoms with Crippen LogP contribution in [0.1, 0.15) is 57.6 Å². The molecule has 0 spiro atoms. The molecule has 1 aromatic rings. The maximum absolute atomic E-state index is 13.1. The molecule has 3 atom stereocenters. The van der Waals surface area contributed by atoms with E-state index in [0.29, 0.717) is 18.6 Å². The van der Waals surface area contributed by atoms with Crippen molar-refractivity contribution < 1.29 is 4.79 Å². The van der Waals surface area contributed by atoms with E-state index in [-0.39, 0.29) is 11.3 Å². The number of aryl methyl sites for hydroxylation is 1. The molecule has 6 heteroatoms. The molecule has 0 aromatic carbocycles. The number of carbonyl (C=O) groups is 1. The fourth-order valence-corrected chi connectivity index (χ4v) is 4.63. The van der Waals surface area contributed by atoms with Gasteiger partial charge in [-0.25, -0.2) is 0 Å². The van der Waals surface area contributed by atoms with E-state index in [4.69, 9.17) is 0 Å². The normalized spacial score (nSPS) is 30.4. The number of rotatable bonds is 5. The van der Waals surface area contributed by atoms with E-state index in [2.05, 4.69) is 45.3 Å². The number of hydrogen-bond acceptors (Lipinski definition) is 4. The molecule has 24 heavy (non-hydrogen) atoms. The van der Waals surface area contributed by atoms with E-state index < -0.39 is 0 Å². The summed E-state index contributed by atoms with van der Waals surface area (Å²) in [5.41, 5.74) is 0.980. The van der Waals surface area contributed by atoms with Crippen LogP contribution >= 0.6 is 0 Å². The fraction of sp³-hybridized carbons (Fsp3) is 0.722. The van der Waals surface area contributed by atoms with E-state index in [1.165, 1.54) is 12.0 Å². The van der Waals surface area contributed by atoms with Gasteiger partial charge in [-0.2, -0.15) is 0 Å². The molecule has 1 amide bonds. The van der Waals surface area contributed by atoms with Crippen molar-refractivity contribution in [3.05, 3.63) is 23.3 Å². The van der Waals surface area contributed by atoms with Gasteiger partial charge in [-0.15, -0.1) is 10.2 Å². The minimum atomic E-state index is -0.298. The Morgan fingerprint density at radius 2 is 2.29 bits per heavy atom. The Kier molecular flexibility index (Phi) is 3.95. The molecular weight excluding hydrogens is 302 g/mol. The summed E-state index contributed by atoms with van der Waals surface area (Å²) in [7, 11) is 0. The highest BCUT2D eigenvalue weighted by Crippen LogP contribution is 2.46. The van der Waals surface area contributed by atoms with E-state index in [0.717, 1.165) is 50.3 Å². The first-order chi connectivity index (χ1) is 11.6. The largest absolute Gasteiger partial charge is 0.348 e. The molecule has 6 nitrogen and oxygen atoms in total. The van der Waals surface area contributed by atoms with E-state index in [1.54, 1.807) is 0 Å². The third kappa shape index (κ3) is 2.57. The van der Waals surface area contributed by atoms with E-state index >= 15 is 0 Å². The Hall–Kier alpha value is -1.69. The summed E-state index contributed by atoms with van der Waals surface area (Å²) in [6, 6.07) is 0.811. The first kappa shape index (κ1) is 15.8. The summed E-state index contributed by atoms with van der Waals surface area (Å²) in [4.78, 5) is 13.1. The van der Waals surface area contributed by atoms with E-state index in [1.807, 2.05) is 0 Å². The van der Waals surface area contributed by atoms with Crippen LogP contribution in [0.3, 0.4) is 0 Å². The number of allylic oxidation sites excluding steroid dienone is 2. The van der Waals surface area contributed by atoms with Crippen molar-refractivity contribution in [3.8, 4) is 0 Å². The summed E-state index contributed by atoms with van der Waals surface area (Å²) < 4.78 is 2.15. The molecule has 2 saturated heterocycles. The van der Waals surface area contributed by atoms with Gasteiger partial charge in [0.15, 0.2) is 5.82 Å². The Labute approximate surface area is 143 Å².